The van der Waals surface area contributed by atoms with Crippen LogP contribution in [-0.2, 0) is 37.0 Å². The van der Waals surface area contributed by atoms with Gasteiger partial charge in [-0.2, -0.15) is 4.98 Å². The molecule has 1 saturated heterocycles. The van der Waals surface area contributed by atoms with E-state index in [9.17, 15) is 4.79 Å². The Balaban J connectivity index is 1.31. The first-order valence-electron chi connectivity index (χ1n) is 12.6. The second-order valence-corrected chi connectivity index (χ2v) is 10.8. The Morgan fingerprint density at radius 1 is 0.971 bits per heavy atom. The van der Waals surface area contributed by atoms with Crippen LogP contribution in [0.3, 0.4) is 0 Å². The number of ether oxygens (including phenoxy) is 2. The van der Waals surface area contributed by atoms with Crippen molar-refractivity contribution in [1.82, 2.24) is 14.9 Å². The van der Waals surface area contributed by atoms with Crippen molar-refractivity contribution < 1.29 is 13.9 Å². The molecular formula is C27H27N3O4S. The molecule has 0 spiro atoms. The number of nitrogens with zero attached hydrogens (tertiary/aromatic N) is 3. The van der Waals surface area contributed by atoms with Crippen LogP contribution < -0.4 is 10.4 Å². The fraction of sp³-hybridized carbons (Fsp3) is 0.444. The lowest BCUT2D eigenvalue weighted by Gasteiger charge is -2.25. The molecule has 1 aliphatic heterocycles. The molecule has 0 saturated carbocycles. The quantitative estimate of drug-likeness (QED) is 0.382. The van der Waals surface area contributed by atoms with E-state index in [1.165, 1.54) is 23.3 Å². The molecule has 2 aliphatic carbocycles. The van der Waals surface area contributed by atoms with Crippen LogP contribution in [0.4, 0.5) is 0 Å². The summed E-state index contributed by atoms with van der Waals surface area (Å²) < 4.78 is 17.6. The predicted octanol–water partition coefficient (Wildman–Crippen LogP) is 4.79. The maximum absolute atomic E-state index is 12.5. The summed E-state index contributed by atoms with van der Waals surface area (Å²) in [6.45, 7) is 3.92. The lowest BCUT2D eigenvalue weighted by molar-refractivity contribution is 0.0330. The van der Waals surface area contributed by atoms with Gasteiger partial charge < -0.3 is 13.9 Å². The van der Waals surface area contributed by atoms with Gasteiger partial charge >= 0.3 is 5.63 Å². The van der Waals surface area contributed by atoms with E-state index in [0.29, 0.717) is 23.8 Å². The topological polar surface area (TPSA) is 77.7 Å². The maximum Gasteiger partial charge on any atom is 0.339 e. The fourth-order valence-corrected chi connectivity index (χ4v) is 6.98. The summed E-state index contributed by atoms with van der Waals surface area (Å²) in [6.07, 6.45) is 7.28. The van der Waals surface area contributed by atoms with Gasteiger partial charge in [0.15, 0.2) is 0 Å². The molecule has 0 bridgehead atoms. The minimum atomic E-state index is -0.216. The van der Waals surface area contributed by atoms with Gasteiger partial charge in [0.2, 0.25) is 5.88 Å². The Hall–Kier alpha value is -2.81. The number of benzene rings is 1. The molecule has 1 aromatic carbocycles. The molecule has 8 heteroatoms. The zero-order valence-corrected chi connectivity index (χ0v) is 20.4. The van der Waals surface area contributed by atoms with Crippen LogP contribution in [0.1, 0.15) is 46.7 Å². The Kier molecular flexibility index (Phi) is 5.33. The molecule has 1 fully saturated rings. The van der Waals surface area contributed by atoms with Crippen LogP contribution in [0, 0.1) is 0 Å². The summed E-state index contributed by atoms with van der Waals surface area (Å²) in [4.78, 5) is 27.1. The minimum Gasteiger partial charge on any atom is -0.438 e. The Bertz CT molecular complexity index is 1500. The van der Waals surface area contributed by atoms with Crippen LogP contribution in [0.2, 0.25) is 0 Å². The average molecular weight is 490 g/mol. The van der Waals surface area contributed by atoms with Gasteiger partial charge in [-0.15, -0.1) is 11.3 Å². The van der Waals surface area contributed by atoms with Crippen molar-refractivity contribution >= 4 is 32.5 Å². The van der Waals surface area contributed by atoms with Crippen molar-refractivity contribution in [3.63, 3.8) is 0 Å². The highest BCUT2D eigenvalue weighted by molar-refractivity contribution is 7.18. The summed E-state index contributed by atoms with van der Waals surface area (Å²) in [5.74, 6) is 2.02. The molecule has 0 N–H and O–H groups in total. The number of thiophene rings is 1. The highest BCUT2D eigenvalue weighted by atomic mass is 32.1. The Morgan fingerprint density at radius 3 is 2.71 bits per heavy atom. The van der Waals surface area contributed by atoms with Gasteiger partial charge in [-0.05, 0) is 68.2 Å². The molecule has 3 aromatic heterocycles. The molecule has 7 rings (SSSR count). The van der Waals surface area contributed by atoms with E-state index in [1.54, 1.807) is 11.3 Å². The maximum atomic E-state index is 12.5. The van der Waals surface area contributed by atoms with Gasteiger partial charge in [0.05, 0.1) is 25.1 Å². The van der Waals surface area contributed by atoms with Crippen molar-refractivity contribution in [2.24, 2.45) is 0 Å². The monoisotopic (exact) mass is 489 g/mol. The third-order valence-corrected chi connectivity index (χ3v) is 8.64. The highest BCUT2D eigenvalue weighted by Crippen LogP contribution is 2.41. The number of hydrogen-bond donors (Lipinski definition) is 0. The number of hydrogen-bond acceptors (Lipinski definition) is 8. The first kappa shape index (κ1) is 21.5. The molecule has 4 aromatic rings. The van der Waals surface area contributed by atoms with Crippen LogP contribution in [0.5, 0.6) is 11.6 Å². The van der Waals surface area contributed by atoms with Gasteiger partial charge in [0.25, 0.3) is 0 Å². The summed E-state index contributed by atoms with van der Waals surface area (Å²) in [7, 11) is 0. The first-order chi connectivity index (χ1) is 17.2. The zero-order valence-electron chi connectivity index (χ0n) is 19.6. The average Bonchev–Trinajstić information content (AvgIpc) is 3.50. The lowest BCUT2D eigenvalue weighted by Crippen LogP contribution is -2.36. The van der Waals surface area contributed by atoms with E-state index in [0.717, 1.165) is 91.0 Å². The molecule has 0 atom stereocenters. The van der Waals surface area contributed by atoms with Gasteiger partial charge in [-0.3, -0.25) is 4.90 Å². The molecular weight excluding hydrogens is 462 g/mol. The third-order valence-electron chi connectivity index (χ3n) is 7.46. The van der Waals surface area contributed by atoms with Gasteiger partial charge in [-0.1, -0.05) is 0 Å². The van der Waals surface area contributed by atoms with Crippen molar-refractivity contribution in [3.05, 3.63) is 56.0 Å². The summed E-state index contributed by atoms with van der Waals surface area (Å²) in [5.41, 5.74) is 3.67. The zero-order chi connectivity index (χ0) is 23.4. The third kappa shape index (κ3) is 3.84. The highest BCUT2D eigenvalue weighted by Gasteiger charge is 2.24. The first-order valence-corrected chi connectivity index (χ1v) is 13.4. The van der Waals surface area contributed by atoms with Gasteiger partial charge in [-0.25, -0.2) is 9.78 Å². The van der Waals surface area contributed by atoms with Crippen molar-refractivity contribution in [3.8, 4) is 11.6 Å². The smallest absolute Gasteiger partial charge is 0.339 e. The van der Waals surface area contributed by atoms with Crippen LogP contribution in [0.25, 0.3) is 21.2 Å². The number of aromatic nitrogens is 2. The van der Waals surface area contributed by atoms with Crippen molar-refractivity contribution in [2.75, 3.05) is 26.3 Å². The Labute approximate surface area is 206 Å². The van der Waals surface area contributed by atoms with Gasteiger partial charge in [0, 0.05) is 35.0 Å². The van der Waals surface area contributed by atoms with E-state index in [4.69, 9.17) is 23.9 Å². The van der Waals surface area contributed by atoms with E-state index in [2.05, 4.69) is 4.90 Å². The van der Waals surface area contributed by atoms with E-state index in [1.807, 2.05) is 18.2 Å². The number of fused-ring (bicyclic) bond motifs is 6. The molecule has 0 unspecified atom stereocenters. The van der Waals surface area contributed by atoms with Crippen LogP contribution in [0.15, 0.2) is 27.4 Å². The van der Waals surface area contributed by atoms with Crippen molar-refractivity contribution in [1.29, 1.82) is 0 Å². The predicted molar refractivity (Wildman–Crippen MR) is 135 cm³/mol. The Morgan fingerprint density at radius 2 is 1.80 bits per heavy atom. The number of rotatable bonds is 4. The fourth-order valence-electron chi connectivity index (χ4n) is 5.71. The molecule has 0 amide bonds. The van der Waals surface area contributed by atoms with Gasteiger partial charge in [0.1, 0.15) is 22.0 Å². The molecule has 180 valence electrons. The van der Waals surface area contributed by atoms with E-state index in [-0.39, 0.29) is 5.63 Å². The molecule has 4 heterocycles. The number of morpholine rings is 1. The van der Waals surface area contributed by atoms with Crippen LogP contribution in [-0.4, -0.2) is 41.2 Å². The lowest BCUT2D eigenvalue weighted by atomic mass is 9.97. The van der Waals surface area contributed by atoms with Crippen molar-refractivity contribution in [2.45, 2.75) is 51.5 Å². The molecule has 35 heavy (non-hydrogen) atoms. The summed E-state index contributed by atoms with van der Waals surface area (Å²) >= 11 is 1.78. The second-order valence-electron chi connectivity index (χ2n) is 9.68. The molecule has 3 aliphatic rings. The van der Waals surface area contributed by atoms with E-state index >= 15 is 0 Å². The summed E-state index contributed by atoms with van der Waals surface area (Å²) in [6, 6.07) is 5.83. The minimum absolute atomic E-state index is 0.216. The number of aryl methyl sites for hydroxylation is 3. The normalized spacial score (nSPS) is 18.2. The van der Waals surface area contributed by atoms with Crippen LogP contribution >= 0.6 is 11.3 Å². The molecule has 0 radical (unpaired) electrons. The molecule has 7 nitrogen and oxygen atoms in total. The standard InChI is InChI=1S/C27H27N3O4S/c31-27-19-6-3-5-17(19)18-9-8-16(14-21(18)34-27)33-25-24-20-4-1-2-7-22(20)35-26(24)29-23(28-25)15-30-10-12-32-13-11-30/h8-9,14H,1-7,10-13,15H2. The second kappa shape index (κ2) is 8.69. The largest absolute Gasteiger partial charge is 0.438 e. The SMILES string of the molecule is O=c1oc2cc(Oc3nc(CN4CCOCC4)nc4sc5c(c34)CCCC5)ccc2c2c1CCC2. The van der Waals surface area contributed by atoms with E-state index < -0.39 is 0 Å². The summed E-state index contributed by atoms with van der Waals surface area (Å²) in [5, 5.41) is 2.06.